The average molecular weight is 361 g/mol. The Bertz CT molecular complexity index is 561. The number of alkyl halides is 3. The molecule has 6 nitrogen and oxygen atoms in total. The molecule has 1 atom stereocenters. The Morgan fingerprint density at radius 2 is 2.16 bits per heavy atom. The van der Waals surface area contributed by atoms with Crippen molar-refractivity contribution in [2.24, 2.45) is 10.7 Å². The van der Waals surface area contributed by atoms with Crippen LogP contribution in [0.1, 0.15) is 19.3 Å². The Morgan fingerprint density at radius 3 is 2.88 bits per heavy atom. The summed E-state index contributed by atoms with van der Waals surface area (Å²) in [5.41, 5.74) is 5.79. The monoisotopic (exact) mass is 361 g/mol. The molecule has 0 amide bonds. The number of guanidine groups is 1. The van der Waals surface area contributed by atoms with Crippen molar-refractivity contribution < 1.29 is 27.4 Å². The Kier molecular flexibility index (Phi) is 7.32. The van der Waals surface area contributed by atoms with Crippen LogP contribution in [-0.2, 0) is 9.47 Å². The third-order valence-corrected chi connectivity index (χ3v) is 3.43. The van der Waals surface area contributed by atoms with E-state index < -0.39 is 6.36 Å². The molecule has 1 aromatic rings. The van der Waals surface area contributed by atoms with Crippen molar-refractivity contribution >= 4 is 11.6 Å². The van der Waals surface area contributed by atoms with Gasteiger partial charge in [-0.05, 0) is 31.4 Å². The molecule has 0 spiro atoms. The van der Waals surface area contributed by atoms with Crippen LogP contribution in [0.3, 0.4) is 0 Å². The van der Waals surface area contributed by atoms with Crippen LogP contribution in [0.15, 0.2) is 29.3 Å². The van der Waals surface area contributed by atoms with Crippen molar-refractivity contribution in [1.29, 1.82) is 0 Å². The van der Waals surface area contributed by atoms with Crippen LogP contribution in [0.5, 0.6) is 5.75 Å². The minimum Gasteiger partial charge on any atom is -0.404 e. The molecule has 140 valence electrons. The number of halogens is 3. The van der Waals surface area contributed by atoms with Crippen LogP contribution >= 0.6 is 0 Å². The zero-order chi connectivity index (χ0) is 18.1. The number of hydrogen-bond acceptors (Lipinski definition) is 4. The average Bonchev–Trinajstić information content (AvgIpc) is 3.04. The van der Waals surface area contributed by atoms with Gasteiger partial charge in [0.15, 0.2) is 11.7 Å². The molecule has 1 saturated heterocycles. The van der Waals surface area contributed by atoms with Crippen molar-refractivity contribution in [1.82, 2.24) is 0 Å². The molecule has 0 radical (unpaired) electrons. The number of nitrogens with zero attached hydrogens (tertiary/aromatic N) is 1. The normalized spacial score (nSPS) is 18.4. The van der Waals surface area contributed by atoms with Gasteiger partial charge in [-0.1, -0.05) is 12.1 Å². The molecule has 1 unspecified atom stereocenters. The molecule has 0 saturated carbocycles. The van der Waals surface area contributed by atoms with Crippen LogP contribution in [0.2, 0.25) is 0 Å². The molecular weight excluding hydrogens is 339 g/mol. The van der Waals surface area contributed by atoms with Gasteiger partial charge in [-0.3, -0.25) is 4.99 Å². The topological polar surface area (TPSA) is 78.1 Å². The molecule has 0 aliphatic carbocycles. The number of rotatable bonds is 8. The van der Waals surface area contributed by atoms with Crippen molar-refractivity contribution in [3.63, 3.8) is 0 Å². The number of benzene rings is 1. The smallest absolute Gasteiger partial charge is 0.404 e. The molecule has 2 rings (SSSR count). The van der Waals surface area contributed by atoms with Gasteiger partial charge >= 0.3 is 6.36 Å². The van der Waals surface area contributed by atoms with Gasteiger partial charge in [-0.2, -0.15) is 0 Å². The van der Waals surface area contributed by atoms with E-state index in [0.29, 0.717) is 26.2 Å². The predicted molar refractivity (Wildman–Crippen MR) is 87.6 cm³/mol. The summed E-state index contributed by atoms with van der Waals surface area (Å²) in [6, 6.07) is 5.62. The number of nitrogens with one attached hydrogen (secondary N) is 1. The number of para-hydroxylation sites is 2. The number of ether oxygens (including phenoxy) is 3. The maximum Gasteiger partial charge on any atom is 0.573 e. The van der Waals surface area contributed by atoms with E-state index in [1.54, 1.807) is 6.07 Å². The predicted octanol–water partition coefficient (Wildman–Crippen LogP) is 2.90. The molecular formula is C16H22F3N3O3. The summed E-state index contributed by atoms with van der Waals surface area (Å²) >= 11 is 0. The van der Waals surface area contributed by atoms with Crippen molar-refractivity contribution in [2.45, 2.75) is 31.7 Å². The third-order valence-electron chi connectivity index (χ3n) is 3.43. The molecule has 9 heteroatoms. The van der Waals surface area contributed by atoms with Gasteiger partial charge in [0.2, 0.25) is 0 Å². The summed E-state index contributed by atoms with van der Waals surface area (Å²) in [6.07, 6.45) is -1.85. The second-order valence-corrected chi connectivity index (χ2v) is 5.50. The number of hydrogen-bond donors (Lipinski definition) is 2. The van der Waals surface area contributed by atoms with E-state index in [9.17, 15) is 13.2 Å². The standard InChI is InChI=1S/C16H22F3N3O3/c17-16(18,19)25-14-7-2-1-6-13(14)22-15(20)21-8-4-9-23-11-12-5-3-10-24-12/h1-2,6-7,12H,3-5,8-11H2,(H3,20,21,22). The summed E-state index contributed by atoms with van der Waals surface area (Å²) in [5, 5.41) is 2.61. The van der Waals surface area contributed by atoms with Crippen LogP contribution in [0.25, 0.3) is 0 Å². The molecule has 0 aromatic heterocycles. The highest BCUT2D eigenvalue weighted by molar-refractivity contribution is 5.93. The highest BCUT2D eigenvalue weighted by Crippen LogP contribution is 2.29. The summed E-state index contributed by atoms with van der Waals surface area (Å²) in [4.78, 5) is 4.06. The van der Waals surface area contributed by atoms with Gasteiger partial charge in [0, 0.05) is 19.8 Å². The zero-order valence-corrected chi connectivity index (χ0v) is 13.7. The quantitative estimate of drug-likeness (QED) is 0.423. The van der Waals surface area contributed by atoms with Crippen LogP contribution in [0.4, 0.5) is 18.9 Å². The summed E-state index contributed by atoms with van der Waals surface area (Å²) in [6.45, 7) is 2.27. The van der Waals surface area contributed by atoms with Crippen molar-refractivity contribution in [3.05, 3.63) is 24.3 Å². The summed E-state index contributed by atoms with van der Waals surface area (Å²) in [5.74, 6) is -0.356. The minimum absolute atomic E-state index is 0.0114. The molecule has 3 N–H and O–H groups in total. The van der Waals surface area contributed by atoms with Crippen molar-refractivity contribution in [3.8, 4) is 5.75 Å². The molecule has 1 aromatic carbocycles. The summed E-state index contributed by atoms with van der Waals surface area (Å²) < 4.78 is 51.9. The van der Waals surface area contributed by atoms with E-state index in [0.717, 1.165) is 19.4 Å². The van der Waals surface area contributed by atoms with Gasteiger partial charge in [0.05, 0.1) is 18.4 Å². The SMILES string of the molecule is NC(=NCCCOCC1CCCO1)Nc1ccccc1OC(F)(F)F. The maximum atomic E-state index is 12.4. The van der Waals surface area contributed by atoms with Crippen LogP contribution < -0.4 is 15.8 Å². The molecule has 0 bridgehead atoms. The van der Waals surface area contributed by atoms with E-state index in [2.05, 4.69) is 15.0 Å². The van der Waals surface area contributed by atoms with Gasteiger partial charge < -0.3 is 25.3 Å². The van der Waals surface area contributed by atoms with E-state index in [1.165, 1.54) is 18.2 Å². The largest absolute Gasteiger partial charge is 0.573 e. The van der Waals surface area contributed by atoms with E-state index in [-0.39, 0.29) is 23.5 Å². The molecule has 1 aliphatic heterocycles. The lowest BCUT2D eigenvalue weighted by Gasteiger charge is -2.14. The first kappa shape index (κ1) is 19.3. The second kappa shape index (κ2) is 9.47. The lowest BCUT2D eigenvalue weighted by molar-refractivity contribution is -0.274. The Labute approximate surface area is 144 Å². The molecule has 25 heavy (non-hydrogen) atoms. The minimum atomic E-state index is -4.77. The van der Waals surface area contributed by atoms with Gasteiger partial charge in [-0.25, -0.2) is 0 Å². The third kappa shape index (κ3) is 7.61. The highest BCUT2D eigenvalue weighted by Gasteiger charge is 2.32. The van der Waals surface area contributed by atoms with E-state index in [1.807, 2.05) is 0 Å². The first-order valence-electron chi connectivity index (χ1n) is 8.05. The number of anilines is 1. The lowest BCUT2D eigenvalue weighted by Crippen LogP contribution is -2.25. The van der Waals surface area contributed by atoms with E-state index in [4.69, 9.17) is 15.2 Å². The number of nitrogens with two attached hydrogens (primary N) is 1. The van der Waals surface area contributed by atoms with Crippen LogP contribution in [0, 0.1) is 0 Å². The molecule has 1 aliphatic rings. The second-order valence-electron chi connectivity index (χ2n) is 5.50. The Morgan fingerprint density at radius 1 is 1.36 bits per heavy atom. The van der Waals surface area contributed by atoms with Crippen molar-refractivity contribution in [2.75, 3.05) is 31.7 Å². The highest BCUT2D eigenvalue weighted by atomic mass is 19.4. The summed E-state index contributed by atoms with van der Waals surface area (Å²) in [7, 11) is 0. The zero-order valence-electron chi connectivity index (χ0n) is 13.7. The van der Waals surface area contributed by atoms with Crippen LogP contribution in [-0.4, -0.2) is 44.8 Å². The number of aliphatic imine (C=N–C) groups is 1. The first-order valence-corrected chi connectivity index (χ1v) is 8.05. The van der Waals surface area contributed by atoms with Gasteiger partial charge in [0.1, 0.15) is 0 Å². The fraction of sp³-hybridized carbons (Fsp3) is 0.562. The lowest BCUT2D eigenvalue weighted by atomic mass is 10.2. The fourth-order valence-electron chi connectivity index (χ4n) is 2.32. The van der Waals surface area contributed by atoms with E-state index >= 15 is 0 Å². The van der Waals surface area contributed by atoms with Gasteiger partial charge in [-0.15, -0.1) is 13.2 Å². The fourth-order valence-corrected chi connectivity index (χ4v) is 2.32. The first-order chi connectivity index (χ1) is 11.9. The molecule has 1 fully saturated rings. The Hall–Kier alpha value is -2.00. The Balaban J connectivity index is 1.71. The molecule has 1 heterocycles. The van der Waals surface area contributed by atoms with Gasteiger partial charge in [0.25, 0.3) is 0 Å². The maximum absolute atomic E-state index is 12.4.